The van der Waals surface area contributed by atoms with E-state index in [0.29, 0.717) is 23.5 Å². The zero-order valence-electron chi connectivity index (χ0n) is 15.2. The van der Waals surface area contributed by atoms with E-state index in [4.69, 9.17) is 0 Å². The standard InChI is InChI=1S/C18H32FN3O/c1-11(2)10-12(3)14-8-6-7-9-15(14)20-18(23)16-13(4)21-22(5)17(16)19/h11-12,14-17H,6-10H2,1-5H3,(H,20,23). The van der Waals surface area contributed by atoms with E-state index in [1.807, 2.05) is 0 Å². The molecule has 23 heavy (non-hydrogen) atoms. The number of halogens is 1. The van der Waals surface area contributed by atoms with E-state index in [1.54, 1.807) is 14.0 Å². The number of nitrogens with one attached hydrogen (secondary N) is 1. The Morgan fingerprint density at radius 1 is 1.35 bits per heavy atom. The van der Waals surface area contributed by atoms with Crippen LogP contribution in [0.25, 0.3) is 0 Å². The fourth-order valence-corrected chi connectivity index (χ4v) is 4.31. The zero-order chi connectivity index (χ0) is 17.1. The summed E-state index contributed by atoms with van der Waals surface area (Å²) in [5.41, 5.74) is 0.570. The van der Waals surface area contributed by atoms with Gasteiger partial charge in [-0.15, -0.1) is 0 Å². The van der Waals surface area contributed by atoms with Gasteiger partial charge in [-0.05, 0) is 43.9 Å². The normalized spacial score (nSPS) is 32.8. The van der Waals surface area contributed by atoms with Crippen molar-refractivity contribution in [3.05, 3.63) is 0 Å². The van der Waals surface area contributed by atoms with Crippen LogP contribution >= 0.6 is 0 Å². The first-order valence-corrected chi connectivity index (χ1v) is 9.03. The highest BCUT2D eigenvalue weighted by molar-refractivity contribution is 6.04. The fraction of sp³-hybridized carbons (Fsp3) is 0.889. The zero-order valence-corrected chi connectivity index (χ0v) is 15.2. The van der Waals surface area contributed by atoms with Crippen molar-refractivity contribution in [1.29, 1.82) is 0 Å². The molecule has 0 spiro atoms. The average molecular weight is 325 g/mol. The molecule has 2 aliphatic rings. The van der Waals surface area contributed by atoms with E-state index >= 15 is 0 Å². The molecule has 5 atom stereocenters. The number of nitrogens with zero attached hydrogens (tertiary/aromatic N) is 2. The van der Waals surface area contributed by atoms with Crippen molar-refractivity contribution in [2.24, 2.45) is 28.8 Å². The summed E-state index contributed by atoms with van der Waals surface area (Å²) in [6.07, 6.45) is 4.38. The fourth-order valence-electron chi connectivity index (χ4n) is 4.31. The number of hydrogen-bond donors (Lipinski definition) is 1. The molecule has 0 saturated heterocycles. The minimum Gasteiger partial charge on any atom is -0.352 e. The van der Waals surface area contributed by atoms with Gasteiger partial charge in [-0.2, -0.15) is 5.10 Å². The summed E-state index contributed by atoms with van der Waals surface area (Å²) in [6, 6.07) is 0.177. The van der Waals surface area contributed by atoms with Gasteiger partial charge in [0, 0.05) is 13.1 Å². The molecule has 0 radical (unpaired) electrons. The van der Waals surface area contributed by atoms with Gasteiger partial charge in [-0.25, -0.2) is 4.39 Å². The van der Waals surface area contributed by atoms with Crippen molar-refractivity contribution in [2.45, 2.75) is 72.1 Å². The lowest BCUT2D eigenvalue weighted by Gasteiger charge is -2.37. The third kappa shape index (κ3) is 4.24. The Balaban J connectivity index is 2.01. The Hall–Kier alpha value is -1.13. The average Bonchev–Trinajstić information content (AvgIpc) is 2.71. The second kappa shape index (κ2) is 7.63. The predicted octanol–water partition coefficient (Wildman–Crippen LogP) is 3.58. The van der Waals surface area contributed by atoms with Gasteiger partial charge in [-0.1, -0.05) is 33.6 Å². The first-order valence-electron chi connectivity index (χ1n) is 9.03. The summed E-state index contributed by atoms with van der Waals surface area (Å²) in [7, 11) is 1.58. The van der Waals surface area contributed by atoms with Gasteiger partial charge in [0.15, 0.2) is 0 Å². The maximum atomic E-state index is 14.2. The Bertz CT molecular complexity index is 452. The highest BCUT2D eigenvalue weighted by Gasteiger charge is 2.41. The van der Waals surface area contributed by atoms with Gasteiger partial charge in [0.25, 0.3) is 0 Å². The van der Waals surface area contributed by atoms with Crippen LogP contribution in [-0.2, 0) is 4.79 Å². The van der Waals surface area contributed by atoms with Crippen LogP contribution in [0.1, 0.15) is 59.8 Å². The molecule has 0 aromatic heterocycles. The predicted molar refractivity (Wildman–Crippen MR) is 91.8 cm³/mol. The molecule has 1 N–H and O–H groups in total. The second-order valence-electron chi connectivity index (χ2n) is 7.84. The lowest BCUT2D eigenvalue weighted by atomic mass is 9.74. The van der Waals surface area contributed by atoms with Crippen LogP contribution in [0, 0.1) is 23.7 Å². The largest absolute Gasteiger partial charge is 0.352 e. The van der Waals surface area contributed by atoms with E-state index < -0.39 is 12.2 Å². The smallest absolute Gasteiger partial charge is 0.234 e. The molecule has 5 unspecified atom stereocenters. The molecule has 5 heteroatoms. The van der Waals surface area contributed by atoms with Crippen LogP contribution < -0.4 is 5.32 Å². The van der Waals surface area contributed by atoms with E-state index in [-0.39, 0.29) is 11.9 Å². The second-order valence-corrected chi connectivity index (χ2v) is 7.84. The Kier molecular flexibility index (Phi) is 6.04. The molecule has 1 aliphatic carbocycles. The molecule has 0 bridgehead atoms. The maximum Gasteiger partial charge on any atom is 0.234 e. The molecular weight excluding hydrogens is 293 g/mol. The summed E-state index contributed by atoms with van der Waals surface area (Å²) in [6.45, 7) is 8.52. The number of hydrazone groups is 1. The minimum absolute atomic E-state index is 0.177. The monoisotopic (exact) mass is 325 g/mol. The van der Waals surface area contributed by atoms with E-state index in [1.165, 1.54) is 17.9 Å². The van der Waals surface area contributed by atoms with E-state index in [9.17, 15) is 9.18 Å². The molecular formula is C18H32FN3O. The molecule has 1 amide bonds. The molecule has 0 aromatic carbocycles. The Morgan fingerprint density at radius 3 is 2.57 bits per heavy atom. The summed E-state index contributed by atoms with van der Waals surface area (Å²) < 4.78 is 14.2. The van der Waals surface area contributed by atoms with Crippen LogP contribution in [0.5, 0.6) is 0 Å². The van der Waals surface area contributed by atoms with Crippen molar-refractivity contribution in [3.8, 4) is 0 Å². The van der Waals surface area contributed by atoms with E-state index in [2.05, 4.69) is 31.2 Å². The van der Waals surface area contributed by atoms with Crippen LogP contribution in [0.2, 0.25) is 0 Å². The summed E-state index contributed by atoms with van der Waals surface area (Å²) in [5.74, 6) is 0.795. The third-order valence-electron chi connectivity index (χ3n) is 5.40. The van der Waals surface area contributed by atoms with Crippen molar-refractivity contribution in [2.75, 3.05) is 7.05 Å². The van der Waals surface area contributed by atoms with Crippen LogP contribution in [0.4, 0.5) is 4.39 Å². The van der Waals surface area contributed by atoms with Gasteiger partial charge in [0.1, 0.15) is 5.92 Å². The quantitative estimate of drug-likeness (QED) is 0.785. The minimum atomic E-state index is -1.34. The number of alkyl halides is 1. The van der Waals surface area contributed by atoms with Crippen LogP contribution in [-0.4, -0.2) is 36.0 Å². The molecule has 0 aromatic rings. The topological polar surface area (TPSA) is 44.7 Å². The number of hydrogen-bond acceptors (Lipinski definition) is 3. The SMILES string of the molecule is CC1=NN(C)C(F)C1C(=O)NC1CCCCC1C(C)CC(C)C. The molecule has 2 rings (SSSR count). The summed E-state index contributed by atoms with van der Waals surface area (Å²) in [4.78, 5) is 12.6. The van der Waals surface area contributed by atoms with Gasteiger partial charge in [-0.3, -0.25) is 9.80 Å². The van der Waals surface area contributed by atoms with Crippen molar-refractivity contribution >= 4 is 11.6 Å². The Labute approximate surface area is 139 Å². The van der Waals surface area contributed by atoms with Gasteiger partial charge >= 0.3 is 0 Å². The lowest BCUT2D eigenvalue weighted by Crippen LogP contribution is -2.49. The van der Waals surface area contributed by atoms with Gasteiger partial charge < -0.3 is 5.32 Å². The van der Waals surface area contributed by atoms with Crippen molar-refractivity contribution < 1.29 is 9.18 Å². The molecule has 1 fully saturated rings. The molecule has 1 aliphatic heterocycles. The van der Waals surface area contributed by atoms with Crippen LogP contribution in [0.15, 0.2) is 5.10 Å². The maximum absolute atomic E-state index is 14.2. The first-order chi connectivity index (χ1) is 10.8. The third-order valence-corrected chi connectivity index (χ3v) is 5.40. The summed E-state index contributed by atoms with van der Waals surface area (Å²) in [5, 5.41) is 8.48. The number of carbonyl (C=O) groups is 1. The molecule has 4 nitrogen and oxygen atoms in total. The molecule has 1 saturated carbocycles. The number of amides is 1. The Morgan fingerprint density at radius 2 is 2.00 bits per heavy atom. The van der Waals surface area contributed by atoms with E-state index in [0.717, 1.165) is 19.3 Å². The van der Waals surface area contributed by atoms with Crippen molar-refractivity contribution in [1.82, 2.24) is 10.3 Å². The number of rotatable bonds is 5. The highest BCUT2D eigenvalue weighted by Crippen LogP contribution is 2.34. The van der Waals surface area contributed by atoms with Gasteiger partial charge in [0.2, 0.25) is 12.2 Å². The highest BCUT2D eigenvalue weighted by atomic mass is 19.1. The number of carbonyl (C=O) groups excluding carboxylic acids is 1. The van der Waals surface area contributed by atoms with Crippen molar-refractivity contribution in [3.63, 3.8) is 0 Å². The lowest BCUT2D eigenvalue weighted by molar-refractivity contribution is -0.127. The first kappa shape index (κ1) is 18.2. The van der Waals surface area contributed by atoms with Gasteiger partial charge in [0.05, 0.1) is 5.71 Å². The molecule has 1 heterocycles. The van der Waals surface area contributed by atoms with Crippen LogP contribution in [0.3, 0.4) is 0 Å². The summed E-state index contributed by atoms with van der Waals surface area (Å²) >= 11 is 0. The molecule has 132 valence electrons.